The van der Waals surface area contributed by atoms with Gasteiger partial charge in [0.2, 0.25) is 0 Å². The Kier molecular flexibility index (Phi) is 5.35. The third-order valence-corrected chi connectivity index (χ3v) is 7.27. The Morgan fingerprint density at radius 2 is 2.08 bits per heavy atom. The van der Waals surface area contributed by atoms with Crippen LogP contribution in [0, 0.1) is 0 Å². The molecule has 0 radical (unpaired) electrons. The summed E-state index contributed by atoms with van der Waals surface area (Å²) in [6.07, 6.45) is 5.24. The summed E-state index contributed by atoms with van der Waals surface area (Å²) in [5, 5.41) is 9.52. The molecule has 2 aliphatic heterocycles. The van der Waals surface area contributed by atoms with Gasteiger partial charge in [0, 0.05) is 5.56 Å². The monoisotopic (exact) mass is 362 g/mol. The summed E-state index contributed by atoms with van der Waals surface area (Å²) in [6.45, 7) is 4.42. The molecule has 0 aromatic heterocycles. The van der Waals surface area contributed by atoms with Crippen LogP contribution in [0.5, 0.6) is 5.75 Å². The van der Waals surface area contributed by atoms with Crippen molar-refractivity contribution in [1.82, 2.24) is 0 Å². The molecule has 0 spiro atoms. The lowest BCUT2D eigenvalue weighted by molar-refractivity contribution is 0.117. The molecule has 5 heteroatoms. The highest BCUT2D eigenvalue weighted by Crippen LogP contribution is 2.39. The Morgan fingerprint density at radius 3 is 2.76 bits per heavy atom. The first-order chi connectivity index (χ1) is 12.0. The fraction of sp³-hybridized carbons (Fsp3) is 0.500. The second-order valence-electron chi connectivity index (χ2n) is 6.78. The summed E-state index contributed by atoms with van der Waals surface area (Å²) in [5.74, 6) is 0.487. The van der Waals surface area contributed by atoms with E-state index in [2.05, 4.69) is 6.92 Å². The van der Waals surface area contributed by atoms with Gasteiger partial charge in [-0.2, -0.15) is 0 Å². The van der Waals surface area contributed by atoms with E-state index in [9.17, 15) is 13.5 Å². The molecule has 0 aliphatic carbocycles. The molecule has 2 atom stereocenters. The molecule has 1 fully saturated rings. The smallest absolute Gasteiger partial charge is 0.163 e. The molecule has 0 unspecified atom stereocenters. The standard InChI is InChI=1S/C20H26O4S/c1-3-14(11-16-7-5-6-8-17(16)21)9-10-18-20-15(4-2)13-25(22,23)19(20)12-24-18/h5-8,11,18-19,21H,3-4,9-10,12-13H2,1-2H3/b14-11+/t18-,19+/m1/s1. The van der Waals surface area contributed by atoms with Crippen molar-refractivity contribution in [3.8, 4) is 5.75 Å². The van der Waals surface area contributed by atoms with Crippen LogP contribution in [0.2, 0.25) is 0 Å². The van der Waals surface area contributed by atoms with Gasteiger partial charge < -0.3 is 9.84 Å². The lowest BCUT2D eigenvalue weighted by atomic mass is 9.95. The zero-order valence-electron chi connectivity index (χ0n) is 14.9. The van der Waals surface area contributed by atoms with Crippen molar-refractivity contribution < 1.29 is 18.3 Å². The molecule has 1 saturated heterocycles. The van der Waals surface area contributed by atoms with E-state index in [0.29, 0.717) is 6.61 Å². The van der Waals surface area contributed by atoms with Crippen molar-refractivity contribution in [2.45, 2.75) is 50.9 Å². The van der Waals surface area contributed by atoms with E-state index in [-0.39, 0.29) is 17.6 Å². The largest absolute Gasteiger partial charge is 0.507 e. The number of aromatic hydroxyl groups is 1. The maximum absolute atomic E-state index is 12.3. The van der Waals surface area contributed by atoms with E-state index >= 15 is 0 Å². The van der Waals surface area contributed by atoms with Crippen molar-refractivity contribution in [2.75, 3.05) is 12.4 Å². The lowest BCUT2D eigenvalue weighted by Crippen LogP contribution is -2.19. The Bertz CT molecular complexity index is 805. The van der Waals surface area contributed by atoms with Crippen LogP contribution in [0.3, 0.4) is 0 Å². The Balaban J connectivity index is 1.74. The zero-order chi connectivity index (χ0) is 18.0. The Morgan fingerprint density at radius 1 is 1.32 bits per heavy atom. The molecule has 136 valence electrons. The van der Waals surface area contributed by atoms with E-state index in [0.717, 1.165) is 42.4 Å². The van der Waals surface area contributed by atoms with Crippen LogP contribution in [0.15, 0.2) is 41.0 Å². The second kappa shape index (κ2) is 7.34. The van der Waals surface area contributed by atoms with Crippen molar-refractivity contribution >= 4 is 15.9 Å². The SMILES string of the molecule is CCC1=C2[C@@H](CC/C(=C/c3ccccc3O)CC)OC[C@@H]2S(=O)(=O)C1. The summed E-state index contributed by atoms with van der Waals surface area (Å²) in [7, 11) is -3.06. The average molecular weight is 362 g/mol. The number of hydrogen-bond donors (Lipinski definition) is 1. The minimum Gasteiger partial charge on any atom is -0.507 e. The summed E-state index contributed by atoms with van der Waals surface area (Å²) in [5.41, 5.74) is 4.13. The predicted octanol–water partition coefficient (Wildman–Crippen LogP) is 3.87. The van der Waals surface area contributed by atoms with E-state index in [1.807, 2.05) is 31.2 Å². The van der Waals surface area contributed by atoms with Crippen LogP contribution in [0.1, 0.15) is 45.1 Å². The quantitative estimate of drug-likeness (QED) is 0.780. The van der Waals surface area contributed by atoms with Gasteiger partial charge in [-0.15, -0.1) is 0 Å². The number of para-hydroxylation sites is 1. The van der Waals surface area contributed by atoms with Gasteiger partial charge in [-0.05, 0) is 37.3 Å². The highest BCUT2D eigenvalue weighted by molar-refractivity contribution is 7.92. The fourth-order valence-electron chi connectivity index (χ4n) is 3.81. The maximum Gasteiger partial charge on any atom is 0.163 e. The van der Waals surface area contributed by atoms with Crippen LogP contribution in [0.25, 0.3) is 6.08 Å². The predicted molar refractivity (Wildman–Crippen MR) is 100 cm³/mol. The van der Waals surface area contributed by atoms with Crippen molar-refractivity contribution in [2.24, 2.45) is 0 Å². The van der Waals surface area contributed by atoms with Crippen LogP contribution < -0.4 is 0 Å². The molecule has 4 nitrogen and oxygen atoms in total. The molecule has 0 bridgehead atoms. The molecule has 1 N–H and O–H groups in total. The third kappa shape index (κ3) is 3.67. The lowest BCUT2D eigenvalue weighted by Gasteiger charge is -2.14. The number of phenolic OH excluding ortho intramolecular Hbond substituents is 1. The number of benzene rings is 1. The van der Waals surface area contributed by atoms with Gasteiger partial charge >= 0.3 is 0 Å². The summed E-state index contributed by atoms with van der Waals surface area (Å²) < 4.78 is 30.4. The number of hydrogen-bond acceptors (Lipinski definition) is 4. The number of phenols is 1. The third-order valence-electron chi connectivity index (χ3n) is 5.26. The van der Waals surface area contributed by atoms with Gasteiger partial charge in [0.1, 0.15) is 11.0 Å². The first kappa shape index (κ1) is 18.2. The first-order valence-electron chi connectivity index (χ1n) is 8.98. The fourth-order valence-corrected chi connectivity index (χ4v) is 5.86. The topological polar surface area (TPSA) is 63.6 Å². The molecule has 3 rings (SSSR count). The second-order valence-corrected chi connectivity index (χ2v) is 8.97. The minimum absolute atomic E-state index is 0.0865. The summed E-state index contributed by atoms with van der Waals surface area (Å²) in [4.78, 5) is 0. The summed E-state index contributed by atoms with van der Waals surface area (Å²) >= 11 is 0. The van der Waals surface area contributed by atoms with Crippen molar-refractivity contribution in [3.05, 3.63) is 46.5 Å². The van der Waals surface area contributed by atoms with Gasteiger partial charge in [-0.3, -0.25) is 0 Å². The molecule has 2 aliphatic rings. The van der Waals surface area contributed by atoms with Crippen LogP contribution in [0.4, 0.5) is 0 Å². The molecular weight excluding hydrogens is 336 g/mol. The van der Waals surface area contributed by atoms with E-state index in [1.165, 1.54) is 5.57 Å². The van der Waals surface area contributed by atoms with Crippen molar-refractivity contribution in [3.63, 3.8) is 0 Å². The normalized spacial score (nSPS) is 25.4. The molecule has 25 heavy (non-hydrogen) atoms. The van der Waals surface area contributed by atoms with Crippen LogP contribution >= 0.6 is 0 Å². The van der Waals surface area contributed by atoms with E-state index < -0.39 is 15.1 Å². The van der Waals surface area contributed by atoms with Gasteiger partial charge in [0.25, 0.3) is 0 Å². The Hall–Kier alpha value is -1.59. The highest BCUT2D eigenvalue weighted by atomic mass is 32.2. The molecule has 0 amide bonds. The van der Waals surface area contributed by atoms with E-state index in [1.54, 1.807) is 6.07 Å². The van der Waals surface area contributed by atoms with Gasteiger partial charge in [-0.1, -0.05) is 49.3 Å². The zero-order valence-corrected chi connectivity index (χ0v) is 15.7. The number of rotatable bonds is 6. The van der Waals surface area contributed by atoms with Crippen molar-refractivity contribution in [1.29, 1.82) is 0 Å². The van der Waals surface area contributed by atoms with Gasteiger partial charge in [-0.25, -0.2) is 8.42 Å². The number of fused-ring (bicyclic) bond motifs is 1. The maximum atomic E-state index is 12.3. The van der Waals surface area contributed by atoms with Gasteiger partial charge in [0.05, 0.1) is 18.5 Å². The molecule has 1 aromatic carbocycles. The summed E-state index contributed by atoms with van der Waals surface area (Å²) in [6, 6.07) is 7.30. The Labute approximate surface area is 150 Å². The first-order valence-corrected chi connectivity index (χ1v) is 10.7. The van der Waals surface area contributed by atoms with Gasteiger partial charge in [0.15, 0.2) is 9.84 Å². The highest BCUT2D eigenvalue weighted by Gasteiger charge is 2.46. The minimum atomic E-state index is -3.06. The number of ether oxygens (including phenoxy) is 1. The molecule has 0 saturated carbocycles. The molecule has 2 heterocycles. The molecular formula is C20H26O4S. The molecule has 1 aromatic rings. The van der Waals surface area contributed by atoms with Crippen LogP contribution in [-0.2, 0) is 14.6 Å². The van der Waals surface area contributed by atoms with Crippen LogP contribution in [-0.4, -0.2) is 37.2 Å². The van der Waals surface area contributed by atoms with E-state index in [4.69, 9.17) is 4.74 Å². The average Bonchev–Trinajstić information content (AvgIpc) is 3.13. The number of allylic oxidation sites excluding steroid dienone is 1. The number of sulfone groups is 1.